The zero-order chi connectivity index (χ0) is 14.4. The number of nitrogens with zero attached hydrogens (tertiary/aromatic N) is 3. The minimum Gasteiger partial charge on any atom is -0.461 e. The number of ether oxygens (including phenoxy) is 1. The van der Waals surface area contributed by atoms with Gasteiger partial charge in [0.25, 0.3) is 0 Å². The molecule has 0 saturated heterocycles. The third-order valence-electron chi connectivity index (χ3n) is 3.54. The van der Waals surface area contributed by atoms with Crippen LogP contribution in [-0.2, 0) is 16.1 Å². The van der Waals surface area contributed by atoms with E-state index in [0.29, 0.717) is 12.8 Å². The highest BCUT2D eigenvalue weighted by Crippen LogP contribution is 2.28. The van der Waals surface area contributed by atoms with E-state index in [2.05, 4.69) is 10.0 Å². The first-order valence-corrected chi connectivity index (χ1v) is 6.63. The van der Waals surface area contributed by atoms with Gasteiger partial charge in [0.1, 0.15) is 6.61 Å². The molecule has 106 valence electrons. The van der Waals surface area contributed by atoms with Gasteiger partial charge in [-0.05, 0) is 30.4 Å². The van der Waals surface area contributed by atoms with Gasteiger partial charge in [0.15, 0.2) is 0 Å². The average molecular weight is 275 g/mol. The van der Waals surface area contributed by atoms with Crippen molar-refractivity contribution in [3.63, 3.8) is 0 Å². The highest BCUT2D eigenvalue weighted by Gasteiger charge is 2.33. The first-order valence-electron chi connectivity index (χ1n) is 6.63. The van der Waals surface area contributed by atoms with E-state index in [1.165, 1.54) is 0 Å². The maximum absolute atomic E-state index is 11.9. The lowest BCUT2D eigenvalue weighted by Gasteiger charge is -2.29. The molecular weight excluding hydrogens is 258 g/mol. The third kappa shape index (κ3) is 3.73. The van der Waals surface area contributed by atoms with E-state index < -0.39 is 12.1 Å². The van der Waals surface area contributed by atoms with E-state index in [1.54, 1.807) is 0 Å². The molecule has 2 rings (SSSR count). The molecule has 1 aromatic carbocycles. The van der Waals surface area contributed by atoms with Crippen molar-refractivity contribution in [2.75, 3.05) is 0 Å². The molecule has 1 N–H and O–H groups in total. The Balaban J connectivity index is 1.83. The van der Waals surface area contributed by atoms with E-state index >= 15 is 0 Å². The number of benzene rings is 1. The van der Waals surface area contributed by atoms with Crippen LogP contribution in [0.25, 0.3) is 10.4 Å². The molecule has 0 heterocycles. The second-order valence-electron chi connectivity index (χ2n) is 4.94. The molecule has 3 atom stereocenters. The van der Waals surface area contributed by atoms with E-state index in [0.717, 1.165) is 5.56 Å². The molecule has 20 heavy (non-hydrogen) atoms. The summed E-state index contributed by atoms with van der Waals surface area (Å²) in [6.07, 6.45) is 0.607. The van der Waals surface area contributed by atoms with Crippen molar-refractivity contribution < 1.29 is 14.6 Å². The monoisotopic (exact) mass is 275 g/mol. The SMILES string of the molecule is [N-]=[N+]=N[C@H]1CC[C@@H](C(=O)OCc2ccccc2)C[C@@H]1O. The van der Waals surface area contributed by atoms with Gasteiger partial charge in [-0.15, -0.1) is 0 Å². The Hall–Kier alpha value is -2.04. The molecule has 1 saturated carbocycles. The molecule has 0 bridgehead atoms. The Bertz CT molecular complexity index is 500. The lowest BCUT2D eigenvalue weighted by Crippen LogP contribution is -2.35. The van der Waals surface area contributed by atoms with E-state index in [9.17, 15) is 9.90 Å². The number of aliphatic hydroxyl groups excluding tert-OH is 1. The number of esters is 1. The smallest absolute Gasteiger partial charge is 0.309 e. The molecular formula is C14H17N3O3. The molecule has 0 aromatic heterocycles. The van der Waals surface area contributed by atoms with E-state index in [1.807, 2.05) is 30.3 Å². The summed E-state index contributed by atoms with van der Waals surface area (Å²) >= 11 is 0. The number of rotatable bonds is 4. The van der Waals surface area contributed by atoms with Gasteiger partial charge < -0.3 is 9.84 Å². The van der Waals surface area contributed by atoms with Crippen molar-refractivity contribution in [3.8, 4) is 0 Å². The molecule has 1 aromatic rings. The van der Waals surface area contributed by atoms with Crippen LogP contribution in [0.15, 0.2) is 35.4 Å². The van der Waals surface area contributed by atoms with Crippen LogP contribution in [0.2, 0.25) is 0 Å². The number of azide groups is 1. The van der Waals surface area contributed by atoms with Crippen molar-refractivity contribution in [3.05, 3.63) is 46.3 Å². The van der Waals surface area contributed by atoms with Crippen molar-refractivity contribution in [1.82, 2.24) is 0 Å². The zero-order valence-corrected chi connectivity index (χ0v) is 11.1. The zero-order valence-electron chi connectivity index (χ0n) is 11.1. The van der Waals surface area contributed by atoms with Crippen molar-refractivity contribution >= 4 is 5.97 Å². The van der Waals surface area contributed by atoms with E-state index in [4.69, 9.17) is 10.3 Å². The van der Waals surface area contributed by atoms with Gasteiger partial charge in [0.2, 0.25) is 0 Å². The minimum absolute atomic E-state index is 0.242. The Morgan fingerprint density at radius 1 is 1.40 bits per heavy atom. The van der Waals surface area contributed by atoms with Gasteiger partial charge in [-0.3, -0.25) is 4.79 Å². The van der Waals surface area contributed by atoms with Gasteiger partial charge in [-0.25, -0.2) is 0 Å². The van der Waals surface area contributed by atoms with Crippen LogP contribution < -0.4 is 0 Å². The molecule has 1 aliphatic rings. The number of carbonyl (C=O) groups excluding carboxylic acids is 1. The van der Waals surface area contributed by atoms with Crippen molar-refractivity contribution in [2.45, 2.75) is 38.0 Å². The maximum Gasteiger partial charge on any atom is 0.309 e. The Morgan fingerprint density at radius 3 is 2.80 bits per heavy atom. The standard InChI is InChI=1S/C14H17N3O3/c15-17-16-12-7-6-11(8-13(12)18)14(19)20-9-10-4-2-1-3-5-10/h1-5,11-13,18H,6-9H2/t11-,12+,13+/m1/s1. The van der Waals surface area contributed by atoms with Gasteiger partial charge in [-0.1, -0.05) is 35.4 Å². The molecule has 0 amide bonds. The summed E-state index contributed by atoms with van der Waals surface area (Å²) < 4.78 is 5.26. The molecule has 0 aliphatic heterocycles. The van der Waals surface area contributed by atoms with Crippen LogP contribution in [0.3, 0.4) is 0 Å². The fourth-order valence-electron chi connectivity index (χ4n) is 2.39. The lowest BCUT2D eigenvalue weighted by molar-refractivity contribution is -0.152. The van der Waals surface area contributed by atoms with Crippen LogP contribution in [0.5, 0.6) is 0 Å². The summed E-state index contributed by atoms with van der Waals surface area (Å²) in [4.78, 5) is 14.6. The predicted molar refractivity (Wildman–Crippen MR) is 72.5 cm³/mol. The highest BCUT2D eigenvalue weighted by atomic mass is 16.5. The van der Waals surface area contributed by atoms with Gasteiger partial charge >= 0.3 is 5.97 Å². The number of hydrogen-bond donors (Lipinski definition) is 1. The molecule has 1 aliphatic carbocycles. The summed E-state index contributed by atoms with van der Waals surface area (Å²) in [7, 11) is 0. The fourth-order valence-corrected chi connectivity index (χ4v) is 2.39. The molecule has 0 radical (unpaired) electrons. The topological polar surface area (TPSA) is 95.3 Å². The molecule has 0 unspecified atom stereocenters. The summed E-state index contributed by atoms with van der Waals surface area (Å²) in [6, 6.07) is 9.02. The highest BCUT2D eigenvalue weighted by molar-refractivity contribution is 5.72. The average Bonchev–Trinajstić information content (AvgIpc) is 2.48. The third-order valence-corrected chi connectivity index (χ3v) is 3.54. The summed E-state index contributed by atoms with van der Waals surface area (Å²) in [5.41, 5.74) is 9.31. The minimum atomic E-state index is -0.770. The van der Waals surface area contributed by atoms with Crippen LogP contribution in [0.1, 0.15) is 24.8 Å². The van der Waals surface area contributed by atoms with Crippen LogP contribution in [-0.4, -0.2) is 23.2 Å². The Kier molecular flexibility index (Phi) is 4.98. The largest absolute Gasteiger partial charge is 0.461 e. The molecule has 0 spiro atoms. The quantitative estimate of drug-likeness (QED) is 0.396. The van der Waals surface area contributed by atoms with Gasteiger partial charge in [0, 0.05) is 4.91 Å². The predicted octanol–water partition coefficient (Wildman–Crippen LogP) is 2.57. The number of aliphatic hydroxyl groups is 1. The van der Waals surface area contributed by atoms with Crippen molar-refractivity contribution in [2.24, 2.45) is 11.0 Å². The van der Waals surface area contributed by atoms with Gasteiger partial charge in [-0.2, -0.15) is 0 Å². The summed E-state index contributed by atoms with van der Waals surface area (Å²) in [6.45, 7) is 0.242. The second-order valence-corrected chi connectivity index (χ2v) is 4.94. The first-order chi connectivity index (χ1) is 9.70. The normalized spacial score (nSPS) is 25.6. The molecule has 6 heteroatoms. The Morgan fingerprint density at radius 2 is 2.15 bits per heavy atom. The van der Waals surface area contributed by atoms with E-state index in [-0.39, 0.29) is 24.9 Å². The van der Waals surface area contributed by atoms with Crippen LogP contribution >= 0.6 is 0 Å². The maximum atomic E-state index is 11.9. The van der Waals surface area contributed by atoms with Crippen molar-refractivity contribution in [1.29, 1.82) is 0 Å². The van der Waals surface area contributed by atoms with Crippen LogP contribution in [0, 0.1) is 5.92 Å². The molecule has 6 nitrogen and oxygen atoms in total. The summed E-state index contributed by atoms with van der Waals surface area (Å²) in [5, 5.41) is 13.4. The Labute approximate surface area is 117 Å². The van der Waals surface area contributed by atoms with Crippen LogP contribution in [0.4, 0.5) is 0 Å². The van der Waals surface area contributed by atoms with Gasteiger partial charge in [0.05, 0.1) is 18.1 Å². The number of hydrogen-bond acceptors (Lipinski definition) is 4. The lowest BCUT2D eigenvalue weighted by atomic mass is 9.84. The number of carbonyl (C=O) groups is 1. The first kappa shape index (κ1) is 14.4. The summed E-state index contributed by atoms with van der Waals surface area (Å²) in [5.74, 6) is -0.619. The fraction of sp³-hybridized carbons (Fsp3) is 0.500. The second kappa shape index (κ2) is 6.93. The molecule has 1 fully saturated rings.